The van der Waals surface area contributed by atoms with Crippen LogP contribution < -0.4 is 5.32 Å². The molecule has 0 amide bonds. The number of aryl methyl sites for hydroxylation is 2. The summed E-state index contributed by atoms with van der Waals surface area (Å²) in [5, 5.41) is 7.43. The van der Waals surface area contributed by atoms with Crippen molar-refractivity contribution in [2.24, 2.45) is 7.05 Å². The lowest BCUT2D eigenvalue weighted by Gasteiger charge is -2.15. The molecule has 1 unspecified atom stereocenters. The van der Waals surface area contributed by atoms with E-state index >= 15 is 0 Å². The van der Waals surface area contributed by atoms with Gasteiger partial charge in [-0.15, -0.1) is 0 Å². The average Bonchev–Trinajstić information content (AvgIpc) is 2.61. The first kappa shape index (κ1) is 11.6. The van der Waals surface area contributed by atoms with Crippen LogP contribution in [0.15, 0.2) is 30.5 Å². The third-order valence-electron chi connectivity index (χ3n) is 2.76. The third kappa shape index (κ3) is 2.46. The fourth-order valence-corrected chi connectivity index (χ4v) is 1.93. The molecular formula is C13H16FN3. The minimum atomic E-state index is -0.235. The highest BCUT2D eigenvalue weighted by Gasteiger charge is 2.12. The molecule has 1 aromatic heterocycles. The maximum Gasteiger partial charge on any atom is 0.146 e. The molecular weight excluding hydrogens is 217 g/mol. The molecule has 0 radical (unpaired) electrons. The summed E-state index contributed by atoms with van der Waals surface area (Å²) in [4.78, 5) is 0. The second kappa shape index (κ2) is 4.57. The molecule has 1 atom stereocenters. The van der Waals surface area contributed by atoms with E-state index in [0.717, 1.165) is 11.3 Å². The third-order valence-corrected chi connectivity index (χ3v) is 2.76. The van der Waals surface area contributed by atoms with Crippen LogP contribution in [0.25, 0.3) is 0 Å². The molecule has 2 aromatic rings. The van der Waals surface area contributed by atoms with Crippen molar-refractivity contribution in [3.8, 4) is 0 Å². The van der Waals surface area contributed by atoms with Crippen LogP contribution in [0.4, 0.5) is 10.1 Å². The van der Waals surface area contributed by atoms with Crippen LogP contribution in [0.2, 0.25) is 0 Å². The van der Waals surface area contributed by atoms with Gasteiger partial charge in [0.1, 0.15) is 5.82 Å². The van der Waals surface area contributed by atoms with Gasteiger partial charge in [-0.3, -0.25) is 4.68 Å². The number of hydrogen-bond acceptors (Lipinski definition) is 2. The Hall–Kier alpha value is -1.84. The van der Waals surface area contributed by atoms with Crippen molar-refractivity contribution in [3.63, 3.8) is 0 Å². The summed E-state index contributed by atoms with van der Waals surface area (Å²) >= 11 is 0. The Morgan fingerprint density at radius 2 is 2.06 bits per heavy atom. The molecule has 0 aliphatic carbocycles. The second-order valence-electron chi connectivity index (χ2n) is 4.19. The van der Waals surface area contributed by atoms with E-state index in [1.165, 1.54) is 6.07 Å². The van der Waals surface area contributed by atoms with Gasteiger partial charge in [-0.1, -0.05) is 12.1 Å². The molecule has 1 heterocycles. The Kier molecular flexibility index (Phi) is 3.13. The fourth-order valence-electron chi connectivity index (χ4n) is 1.93. The van der Waals surface area contributed by atoms with Gasteiger partial charge in [0.15, 0.2) is 0 Å². The van der Waals surface area contributed by atoms with Crippen LogP contribution >= 0.6 is 0 Å². The van der Waals surface area contributed by atoms with Gasteiger partial charge in [0.2, 0.25) is 0 Å². The van der Waals surface area contributed by atoms with Gasteiger partial charge in [0, 0.05) is 18.8 Å². The standard InChI is InChI=1S/C13H16FN3/c1-9(11-8-17(3)16-10(11)2)15-13-7-5-4-6-12(13)14/h4-9,15H,1-3H3. The molecule has 4 heteroatoms. The van der Waals surface area contributed by atoms with Gasteiger partial charge in [0.05, 0.1) is 17.4 Å². The maximum atomic E-state index is 13.5. The van der Waals surface area contributed by atoms with Gasteiger partial charge in [-0.25, -0.2) is 4.39 Å². The summed E-state index contributed by atoms with van der Waals surface area (Å²) in [6.07, 6.45) is 1.95. The quantitative estimate of drug-likeness (QED) is 0.883. The van der Waals surface area contributed by atoms with Gasteiger partial charge in [-0.05, 0) is 26.0 Å². The zero-order chi connectivity index (χ0) is 12.4. The van der Waals surface area contributed by atoms with Crippen LogP contribution in [0.1, 0.15) is 24.2 Å². The van der Waals surface area contributed by atoms with Crippen LogP contribution in [-0.2, 0) is 7.05 Å². The molecule has 0 aliphatic heterocycles. The monoisotopic (exact) mass is 233 g/mol. The number of benzene rings is 1. The lowest BCUT2D eigenvalue weighted by atomic mass is 10.1. The van der Waals surface area contributed by atoms with E-state index in [1.54, 1.807) is 16.8 Å². The van der Waals surface area contributed by atoms with E-state index < -0.39 is 0 Å². The summed E-state index contributed by atoms with van der Waals surface area (Å²) < 4.78 is 15.3. The highest BCUT2D eigenvalue weighted by molar-refractivity contribution is 5.46. The van der Waals surface area contributed by atoms with Crippen molar-refractivity contribution in [2.75, 3.05) is 5.32 Å². The van der Waals surface area contributed by atoms with E-state index in [2.05, 4.69) is 10.4 Å². The number of halogens is 1. The number of para-hydroxylation sites is 1. The molecule has 0 bridgehead atoms. The maximum absolute atomic E-state index is 13.5. The van der Waals surface area contributed by atoms with Gasteiger partial charge in [-0.2, -0.15) is 5.10 Å². The van der Waals surface area contributed by atoms with Crippen molar-refractivity contribution in [1.82, 2.24) is 9.78 Å². The number of anilines is 1. The Balaban J connectivity index is 2.20. The highest BCUT2D eigenvalue weighted by atomic mass is 19.1. The summed E-state index contributed by atoms with van der Waals surface area (Å²) in [6, 6.07) is 6.71. The fraction of sp³-hybridized carbons (Fsp3) is 0.308. The first-order valence-electron chi connectivity index (χ1n) is 5.59. The first-order valence-corrected chi connectivity index (χ1v) is 5.59. The topological polar surface area (TPSA) is 29.9 Å². The van der Waals surface area contributed by atoms with E-state index in [-0.39, 0.29) is 11.9 Å². The minimum Gasteiger partial charge on any atom is -0.376 e. The Morgan fingerprint density at radius 3 is 2.65 bits per heavy atom. The first-order chi connectivity index (χ1) is 8.08. The average molecular weight is 233 g/mol. The van der Waals surface area contributed by atoms with Crippen molar-refractivity contribution in [2.45, 2.75) is 19.9 Å². The normalized spacial score (nSPS) is 12.5. The SMILES string of the molecule is Cc1nn(C)cc1C(C)Nc1ccccc1F. The van der Waals surface area contributed by atoms with Gasteiger partial charge >= 0.3 is 0 Å². The molecule has 3 nitrogen and oxygen atoms in total. The zero-order valence-corrected chi connectivity index (χ0v) is 10.2. The predicted octanol–water partition coefficient (Wildman–Crippen LogP) is 3.04. The number of aromatic nitrogens is 2. The van der Waals surface area contributed by atoms with Gasteiger partial charge in [0.25, 0.3) is 0 Å². The Labute approximate surface area is 100 Å². The number of nitrogens with one attached hydrogen (secondary N) is 1. The predicted molar refractivity (Wildman–Crippen MR) is 66.4 cm³/mol. The molecule has 0 aliphatic rings. The van der Waals surface area contributed by atoms with Crippen LogP contribution in [-0.4, -0.2) is 9.78 Å². The molecule has 0 saturated heterocycles. The molecule has 0 saturated carbocycles. The lowest BCUT2D eigenvalue weighted by molar-refractivity contribution is 0.627. The van der Waals surface area contributed by atoms with Crippen LogP contribution in [0, 0.1) is 12.7 Å². The molecule has 1 N–H and O–H groups in total. The lowest BCUT2D eigenvalue weighted by Crippen LogP contribution is -2.08. The van der Waals surface area contributed by atoms with Gasteiger partial charge < -0.3 is 5.32 Å². The molecule has 17 heavy (non-hydrogen) atoms. The second-order valence-corrected chi connectivity index (χ2v) is 4.19. The molecule has 90 valence electrons. The smallest absolute Gasteiger partial charge is 0.146 e. The van der Waals surface area contributed by atoms with Crippen molar-refractivity contribution in [3.05, 3.63) is 47.5 Å². The summed E-state index contributed by atoms with van der Waals surface area (Å²) in [5.41, 5.74) is 2.56. The minimum absolute atomic E-state index is 0.0283. The number of nitrogens with zero attached hydrogens (tertiary/aromatic N) is 2. The van der Waals surface area contributed by atoms with E-state index in [1.807, 2.05) is 33.2 Å². The summed E-state index contributed by atoms with van der Waals surface area (Å²) in [7, 11) is 1.88. The summed E-state index contributed by atoms with van der Waals surface area (Å²) in [5.74, 6) is -0.235. The molecule has 0 spiro atoms. The van der Waals surface area contributed by atoms with Crippen molar-refractivity contribution < 1.29 is 4.39 Å². The molecule has 1 aromatic carbocycles. The number of rotatable bonds is 3. The van der Waals surface area contributed by atoms with Crippen molar-refractivity contribution >= 4 is 5.69 Å². The van der Waals surface area contributed by atoms with E-state index in [9.17, 15) is 4.39 Å². The van der Waals surface area contributed by atoms with E-state index in [4.69, 9.17) is 0 Å². The Morgan fingerprint density at radius 1 is 1.35 bits per heavy atom. The number of hydrogen-bond donors (Lipinski definition) is 1. The van der Waals surface area contributed by atoms with Crippen molar-refractivity contribution in [1.29, 1.82) is 0 Å². The largest absolute Gasteiger partial charge is 0.376 e. The van der Waals surface area contributed by atoms with E-state index in [0.29, 0.717) is 5.69 Å². The van der Waals surface area contributed by atoms with Crippen LogP contribution in [0.5, 0.6) is 0 Å². The van der Waals surface area contributed by atoms with Crippen LogP contribution in [0.3, 0.4) is 0 Å². The summed E-state index contributed by atoms with van der Waals surface area (Å²) in [6.45, 7) is 3.95. The molecule has 2 rings (SSSR count). The molecule has 0 fully saturated rings. The zero-order valence-electron chi connectivity index (χ0n) is 10.2. The Bertz CT molecular complexity index is 519. The highest BCUT2D eigenvalue weighted by Crippen LogP contribution is 2.22.